The van der Waals surface area contributed by atoms with Crippen molar-refractivity contribution in [3.8, 4) is 5.88 Å². The van der Waals surface area contributed by atoms with Crippen molar-refractivity contribution in [3.05, 3.63) is 27.4 Å². The number of nitrogens with zero attached hydrogens (tertiary/aromatic N) is 2. The van der Waals surface area contributed by atoms with Crippen LogP contribution in [0.15, 0.2) is 12.1 Å². The lowest BCUT2D eigenvalue weighted by Gasteiger charge is -2.24. The molecule has 6 heteroatoms. The molecule has 1 fully saturated rings. The zero-order valence-electron chi connectivity index (χ0n) is 9.26. The van der Waals surface area contributed by atoms with E-state index >= 15 is 0 Å². The van der Waals surface area contributed by atoms with E-state index in [0.717, 1.165) is 6.42 Å². The van der Waals surface area contributed by atoms with E-state index in [9.17, 15) is 10.1 Å². The second-order valence-corrected chi connectivity index (χ2v) is 4.54. The molecule has 0 bridgehead atoms. The largest absolute Gasteiger partial charge is 0.473 e. The molecular formula is C11H13ClN2O3. The summed E-state index contributed by atoms with van der Waals surface area (Å²) in [6.45, 7) is 0.457. The molecule has 0 aliphatic heterocycles. The van der Waals surface area contributed by atoms with Crippen LogP contribution in [0.3, 0.4) is 0 Å². The third-order valence-electron chi connectivity index (χ3n) is 2.99. The number of ether oxygens (including phenoxy) is 1. The summed E-state index contributed by atoms with van der Waals surface area (Å²) < 4.78 is 5.35. The minimum atomic E-state index is -0.512. The normalized spacial score (nSPS) is 15.4. The highest BCUT2D eigenvalue weighted by molar-refractivity contribution is 6.29. The fourth-order valence-electron chi connectivity index (χ4n) is 1.76. The van der Waals surface area contributed by atoms with Crippen molar-refractivity contribution in [2.24, 2.45) is 5.92 Å². The Labute approximate surface area is 104 Å². The molecule has 92 valence electrons. The molecule has 0 amide bonds. The van der Waals surface area contributed by atoms with Gasteiger partial charge in [0.2, 0.25) is 0 Å². The molecule has 0 aromatic carbocycles. The van der Waals surface area contributed by atoms with Crippen LogP contribution < -0.4 is 4.74 Å². The van der Waals surface area contributed by atoms with Crippen LogP contribution in [0.2, 0.25) is 5.15 Å². The van der Waals surface area contributed by atoms with Crippen molar-refractivity contribution < 1.29 is 9.66 Å². The van der Waals surface area contributed by atoms with Crippen LogP contribution in [0.1, 0.15) is 25.7 Å². The van der Waals surface area contributed by atoms with Crippen LogP contribution in [-0.4, -0.2) is 16.5 Å². The predicted octanol–water partition coefficient (Wildman–Crippen LogP) is 3.21. The summed E-state index contributed by atoms with van der Waals surface area (Å²) in [5.41, 5.74) is -0.136. The Morgan fingerprint density at radius 3 is 2.88 bits per heavy atom. The van der Waals surface area contributed by atoms with Gasteiger partial charge >= 0.3 is 5.69 Å². The van der Waals surface area contributed by atoms with Crippen molar-refractivity contribution in [3.63, 3.8) is 0 Å². The number of hydrogen-bond donors (Lipinski definition) is 0. The van der Waals surface area contributed by atoms with Crippen molar-refractivity contribution in [1.29, 1.82) is 0 Å². The average molecular weight is 257 g/mol. The smallest absolute Gasteiger partial charge is 0.331 e. The Morgan fingerprint density at radius 1 is 1.53 bits per heavy atom. The van der Waals surface area contributed by atoms with Crippen molar-refractivity contribution in [2.75, 3.05) is 6.61 Å². The lowest BCUT2D eigenvalue weighted by Crippen LogP contribution is -2.15. The first-order valence-corrected chi connectivity index (χ1v) is 5.98. The van der Waals surface area contributed by atoms with Crippen LogP contribution in [0.4, 0.5) is 5.69 Å². The first kappa shape index (κ1) is 12.1. The van der Waals surface area contributed by atoms with E-state index < -0.39 is 4.92 Å². The number of pyridine rings is 1. The van der Waals surface area contributed by atoms with Crippen LogP contribution in [0.5, 0.6) is 5.88 Å². The third kappa shape index (κ3) is 3.06. The summed E-state index contributed by atoms with van der Waals surface area (Å²) in [5, 5.41) is 10.9. The molecule has 1 aliphatic rings. The molecule has 2 rings (SSSR count). The summed E-state index contributed by atoms with van der Waals surface area (Å²) in [7, 11) is 0. The minimum Gasteiger partial charge on any atom is -0.473 e. The van der Waals surface area contributed by atoms with E-state index in [2.05, 4.69) is 4.98 Å². The summed E-state index contributed by atoms with van der Waals surface area (Å²) >= 11 is 5.69. The van der Waals surface area contributed by atoms with Crippen molar-refractivity contribution in [2.45, 2.75) is 25.7 Å². The molecule has 1 aliphatic carbocycles. The number of hydrogen-bond acceptors (Lipinski definition) is 4. The number of aromatic nitrogens is 1. The van der Waals surface area contributed by atoms with Gasteiger partial charge in [0.05, 0.1) is 11.5 Å². The molecule has 1 aromatic heterocycles. The van der Waals surface area contributed by atoms with Gasteiger partial charge in [0.25, 0.3) is 5.88 Å². The Morgan fingerprint density at radius 2 is 2.29 bits per heavy atom. The molecule has 17 heavy (non-hydrogen) atoms. The summed E-state index contributed by atoms with van der Waals surface area (Å²) in [6.07, 6.45) is 4.66. The molecule has 0 unspecified atom stereocenters. The van der Waals surface area contributed by atoms with E-state index in [0.29, 0.717) is 12.5 Å². The Kier molecular flexibility index (Phi) is 3.78. The quantitative estimate of drug-likeness (QED) is 0.461. The standard InChI is InChI=1S/C11H13ClN2O3/c12-10-5-4-9(14(15)16)11(13-10)17-7-6-8-2-1-3-8/h4-5,8H,1-3,6-7H2. The maximum Gasteiger partial charge on any atom is 0.331 e. The van der Waals surface area contributed by atoms with Gasteiger partial charge in [0.1, 0.15) is 5.15 Å². The zero-order valence-corrected chi connectivity index (χ0v) is 10.0. The minimum absolute atomic E-state index is 0.0156. The van der Waals surface area contributed by atoms with Gasteiger partial charge in [0, 0.05) is 6.07 Å². The Bertz CT molecular complexity index is 421. The van der Waals surface area contributed by atoms with E-state index in [4.69, 9.17) is 16.3 Å². The first-order valence-electron chi connectivity index (χ1n) is 5.60. The maximum atomic E-state index is 10.7. The molecule has 0 radical (unpaired) electrons. The molecule has 0 atom stereocenters. The number of nitro groups is 1. The van der Waals surface area contributed by atoms with E-state index in [1.54, 1.807) is 0 Å². The molecule has 0 N–H and O–H groups in total. The monoisotopic (exact) mass is 256 g/mol. The third-order valence-corrected chi connectivity index (χ3v) is 3.20. The average Bonchev–Trinajstić information content (AvgIpc) is 2.21. The van der Waals surface area contributed by atoms with Gasteiger partial charge < -0.3 is 4.74 Å². The van der Waals surface area contributed by atoms with Gasteiger partial charge in [-0.3, -0.25) is 10.1 Å². The lowest BCUT2D eigenvalue weighted by molar-refractivity contribution is -0.386. The van der Waals surface area contributed by atoms with Gasteiger partial charge in [-0.05, 0) is 18.4 Å². The number of halogens is 1. The van der Waals surface area contributed by atoms with Gasteiger partial charge in [-0.2, -0.15) is 4.98 Å². The van der Waals surface area contributed by atoms with Crippen LogP contribution in [0, 0.1) is 16.0 Å². The number of rotatable bonds is 5. The highest BCUT2D eigenvalue weighted by atomic mass is 35.5. The molecule has 1 saturated carbocycles. The van der Waals surface area contributed by atoms with E-state index in [1.807, 2.05) is 0 Å². The lowest BCUT2D eigenvalue weighted by atomic mass is 9.83. The van der Waals surface area contributed by atoms with Gasteiger partial charge in [-0.15, -0.1) is 0 Å². The topological polar surface area (TPSA) is 65.3 Å². The highest BCUT2D eigenvalue weighted by Crippen LogP contribution is 2.30. The van der Waals surface area contributed by atoms with E-state index in [1.165, 1.54) is 31.4 Å². The van der Waals surface area contributed by atoms with Crippen LogP contribution >= 0.6 is 11.6 Å². The second-order valence-electron chi connectivity index (χ2n) is 4.15. The predicted molar refractivity (Wildman–Crippen MR) is 63.4 cm³/mol. The van der Waals surface area contributed by atoms with Crippen molar-refractivity contribution >= 4 is 17.3 Å². The molecule has 1 aromatic rings. The molecule has 1 heterocycles. The van der Waals surface area contributed by atoms with Gasteiger partial charge in [-0.1, -0.05) is 30.9 Å². The van der Waals surface area contributed by atoms with E-state index in [-0.39, 0.29) is 16.7 Å². The Balaban J connectivity index is 1.97. The van der Waals surface area contributed by atoms with Crippen LogP contribution in [-0.2, 0) is 0 Å². The molecule has 5 nitrogen and oxygen atoms in total. The highest BCUT2D eigenvalue weighted by Gasteiger charge is 2.20. The summed E-state index contributed by atoms with van der Waals surface area (Å²) in [6, 6.07) is 2.70. The van der Waals surface area contributed by atoms with Crippen molar-refractivity contribution in [1.82, 2.24) is 4.98 Å². The fraction of sp³-hybridized carbons (Fsp3) is 0.545. The van der Waals surface area contributed by atoms with Gasteiger partial charge in [0.15, 0.2) is 0 Å². The SMILES string of the molecule is O=[N+]([O-])c1ccc(Cl)nc1OCCC1CCC1. The summed E-state index contributed by atoms with van der Waals surface area (Å²) in [5.74, 6) is 0.718. The molecule has 0 spiro atoms. The second kappa shape index (κ2) is 5.31. The zero-order chi connectivity index (χ0) is 12.3. The first-order chi connectivity index (χ1) is 8.16. The van der Waals surface area contributed by atoms with Crippen LogP contribution in [0.25, 0.3) is 0 Å². The molecular weight excluding hydrogens is 244 g/mol. The van der Waals surface area contributed by atoms with Gasteiger partial charge in [-0.25, -0.2) is 0 Å². The summed E-state index contributed by atoms with van der Waals surface area (Å²) in [4.78, 5) is 14.1. The maximum absolute atomic E-state index is 10.7. The molecule has 0 saturated heterocycles. The Hall–Kier alpha value is -1.36. The fourth-order valence-corrected chi connectivity index (χ4v) is 1.90.